The highest BCUT2D eigenvalue weighted by Crippen LogP contribution is 2.30. The van der Waals surface area contributed by atoms with E-state index in [1.54, 1.807) is 32.0 Å². The largest absolute Gasteiger partial charge is 0.464 e. The van der Waals surface area contributed by atoms with Crippen LogP contribution in [0.1, 0.15) is 85.2 Å². The summed E-state index contributed by atoms with van der Waals surface area (Å²) in [7, 11) is 1.31. The van der Waals surface area contributed by atoms with E-state index in [0.29, 0.717) is 30.2 Å². The molecular weight excluding hydrogens is 523 g/mol. The molecule has 0 saturated carbocycles. The number of ether oxygens (including phenoxy) is 1. The number of halogens is 1. The van der Waals surface area contributed by atoms with Gasteiger partial charge in [-0.25, -0.2) is 24.1 Å². The average Bonchev–Trinajstić information content (AvgIpc) is 2.94. The molecule has 3 aromatic rings. The first-order chi connectivity index (χ1) is 19.5. The Morgan fingerprint density at radius 3 is 2.73 bits per heavy atom. The van der Waals surface area contributed by atoms with Crippen LogP contribution in [0.4, 0.5) is 16.0 Å². The number of carbonyl (C=O) groups is 1. The molecule has 1 fully saturated rings. The Morgan fingerprint density at radius 1 is 1.27 bits per heavy atom. The minimum atomic E-state index is -1.45. The number of rotatable bonds is 10. The third kappa shape index (κ3) is 7.63. The lowest BCUT2D eigenvalue weighted by atomic mass is 9.96. The predicted octanol–water partition coefficient (Wildman–Crippen LogP) is 5.11. The molecule has 220 valence electrons. The van der Waals surface area contributed by atoms with Gasteiger partial charge in [0.2, 0.25) is 5.95 Å². The van der Waals surface area contributed by atoms with E-state index in [1.807, 2.05) is 30.2 Å². The van der Waals surface area contributed by atoms with Gasteiger partial charge in [0.25, 0.3) is 0 Å². The van der Waals surface area contributed by atoms with Gasteiger partial charge in [0.15, 0.2) is 0 Å². The number of alkyl halides is 1. The van der Waals surface area contributed by atoms with Crippen LogP contribution in [0.25, 0.3) is 0 Å². The number of hydrogen-bond acceptors (Lipinski definition) is 9. The van der Waals surface area contributed by atoms with E-state index in [0.717, 1.165) is 41.8 Å². The Bertz CT molecular complexity index is 1360. The highest BCUT2D eigenvalue weighted by atomic mass is 19.1. The van der Waals surface area contributed by atoms with E-state index < -0.39 is 17.9 Å². The number of benzene rings is 1. The zero-order valence-corrected chi connectivity index (χ0v) is 24.7. The van der Waals surface area contributed by atoms with Crippen molar-refractivity contribution in [3.63, 3.8) is 0 Å². The van der Waals surface area contributed by atoms with Gasteiger partial charge in [0.05, 0.1) is 12.8 Å². The molecule has 0 amide bonds. The number of esters is 1. The third-order valence-electron chi connectivity index (χ3n) is 7.63. The standard InChI is InChI=1S/C31H41FN6O3/c1-7-21-17-35-30(36-25-13-19(2)12-23(16-25)31(4,5)32)37-27(21)18-34-24-9-11-38(20(3)14-24)28(39)22-8-10-33-26(15-22)29(40)41-6/h8,10,12-13,15-17,20,24,28,34,39H,7,9,11,14,18H2,1-6H3,(H,35,36,37)/t20-,24-,28?/m1/s1. The smallest absolute Gasteiger partial charge is 0.356 e. The summed E-state index contributed by atoms with van der Waals surface area (Å²) in [6, 6.07) is 9.26. The van der Waals surface area contributed by atoms with E-state index in [-0.39, 0.29) is 17.8 Å². The van der Waals surface area contributed by atoms with Gasteiger partial charge < -0.3 is 20.5 Å². The molecule has 3 atom stereocenters. The number of methoxy groups -OCH3 is 1. The molecule has 4 rings (SSSR count). The van der Waals surface area contributed by atoms with Gasteiger partial charge >= 0.3 is 5.97 Å². The van der Waals surface area contributed by atoms with Gasteiger partial charge in [-0.1, -0.05) is 13.0 Å². The van der Waals surface area contributed by atoms with Crippen molar-refractivity contribution in [1.29, 1.82) is 0 Å². The highest BCUT2D eigenvalue weighted by molar-refractivity contribution is 5.87. The maximum atomic E-state index is 14.6. The number of aliphatic hydroxyl groups excluding tert-OH is 1. The fourth-order valence-electron chi connectivity index (χ4n) is 5.27. The van der Waals surface area contributed by atoms with Gasteiger partial charge in [0.1, 0.15) is 17.6 Å². The second-order valence-electron chi connectivity index (χ2n) is 11.2. The summed E-state index contributed by atoms with van der Waals surface area (Å²) < 4.78 is 19.4. The van der Waals surface area contributed by atoms with Crippen LogP contribution >= 0.6 is 0 Å². The minimum absolute atomic E-state index is 0.106. The average molecular weight is 565 g/mol. The van der Waals surface area contributed by atoms with Gasteiger partial charge in [0, 0.05) is 43.3 Å². The molecule has 9 nitrogen and oxygen atoms in total. The summed E-state index contributed by atoms with van der Waals surface area (Å²) in [5.41, 5.74) is 3.64. The molecule has 0 aliphatic carbocycles. The van der Waals surface area contributed by atoms with E-state index >= 15 is 0 Å². The Morgan fingerprint density at radius 2 is 2.05 bits per heavy atom. The molecule has 1 aromatic carbocycles. The van der Waals surface area contributed by atoms with E-state index in [1.165, 1.54) is 13.3 Å². The molecule has 10 heteroatoms. The second-order valence-corrected chi connectivity index (χ2v) is 11.2. The van der Waals surface area contributed by atoms with Gasteiger partial charge in [-0.15, -0.1) is 0 Å². The quantitative estimate of drug-likeness (QED) is 0.289. The lowest BCUT2D eigenvalue weighted by Crippen LogP contribution is -2.48. The molecule has 1 aliphatic heterocycles. The molecule has 0 radical (unpaired) electrons. The van der Waals surface area contributed by atoms with Crippen LogP contribution in [-0.4, -0.2) is 56.7 Å². The Labute approximate surface area is 241 Å². The first-order valence-electron chi connectivity index (χ1n) is 14.1. The minimum Gasteiger partial charge on any atom is -0.464 e. The fourth-order valence-corrected chi connectivity index (χ4v) is 5.27. The summed E-state index contributed by atoms with van der Waals surface area (Å²) >= 11 is 0. The summed E-state index contributed by atoms with van der Waals surface area (Å²) in [5.74, 6) is -0.0564. The SMILES string of the molecule is CCc1cnc(Nc2cc(C)cc(C(C)(C)F)c2)nc1CN[C@@H]1CCN(C(O)c2ccnc(C(=O)OC)c2)[C@H](C)C1. The molecule has 3 N–H and O–H groups in total. The lowest BCUT2D eigenvalue weighted by molar-refractivity contribution is -0.0437. The number of likely N-dealkylation sites (tertiary alicyclic amines) is 1. The number of anilines is 2. The second kappa shape index (κ2) is 13.0. The Balaban J connectivity index is 1.39. The number of aliphatic hydroxyl groups is 1. The maximum absolute atomic E-state index is 14.6. The topological polar surface area (TPSA) is 113 Å². The van der Waals surface area contributed by atoms with Crippen LogP contribution in [0.5, 0.6) is 0 Å². The van der Waals surface area contributed by atoms with Gasteiger partial charge in [-0.2, -0.15) is 0 Å². The van der Waals surface area contributed by atoms with Crippen LogP contribution in [0.3, 0.4) is 0 Å². The number of nitrogens with one attached hydrogen (secondary N) is 2. The van der Waals surface area contributed by atoms with E-state index in [2.05, 4.69) is 34.4 Å². The monoisotopic (exact) mass is 564 g/mol. The van der Waals surface area contributed by atoms with Crippen LogP contribution in [0, 0.1) is 6.92 Å². The molecule has 41 heavy (non-hydrogen) atoms. The number of aromatic nitrogens is 3. The molecule has 1 unspecified atom stereocenters. The number of piperidine rings is 1. The predicted molar refractivity (Wildman–Crippen MR) is 157 cm³/mol. The zero-order valence-electron chi connectivity index (χ0n) is 24.7. The van der Waals surface area contributed by atoms with Crippen LogP contribution in [-0.2, 0) is 23.4 Å². The number of carbonyl (C=O) groups excluding carboxylic acids is 1. The highest BCUT2D eigenvalue weighted by Gasteiger charge is 2.31. The van der Waals surface area contributed by atoms with Crippen LogP contribution < -0.4 is 10.6 Å². The Hall–Kier alpha value is -3.47. The van der Waals surface area contributed by atoms with Crippen molar-refractivity contribution in [2.75, 3.05) is 19.0 Å². The third-order valence-corrected chi connectivity index (χ3v) is 7.63. The lowest BCUT2D eigenvalue weighted by Gasteiger charge is -2.40. The number of pyridine rings is 1. The number of aryl methyl sites for hydroxylation is 2. The molecule has 3 heterocycles. The number of nitrogens with zero attached hydrogens (tertiary/aromatic N) is 4. The van der Waals surface area contributed by atoms with Crippen molar-refractivity contribution in [2.45, 2.75) is 84.4 Å². The summed E-state index contributed by atoms with van der Waals surface area (Å²) in [6.07, 6.45) is 5.02. The normalized spacial score (nSPS) is 18.6. The summed E-state index contributed by atoms with van der Waals surface area (Å²) in [6.45, 7) is 10.5. The van der Waals surface area contributed by atoms with Crippen molar-refractivity contribution in [2.24, 2.45) is 0 Å². The molecule has 0 spiro atoms. The summed E-state index contributed by atoms with van der Waals surface area (Å²) in [5, 5.41) is 18.0. The molecule has 1 saturated heterocycles. The van der Waals surface area contributed by atoms with Gasteiger partial charge in [-0.3, -0.25) is 4.90 Å². The van der Waals surface area contributed by atoms with Crippen LogP contribution in [0.15, 0.2) is 42.7 Å². The van der Waals surface area contributed by atoms with Crippen molar-refractivity contribution >= 4 is 17.6 Å². The molecule has 0 bridgehead atoms. The molecular formula is C31H41FN6O3. The fraction of sp³-hybridized carbons (Fsp3) is 0.484. The van der Waals surface area contributed by atoms with Crippen molar-refractivity contribution in [3.05, 3.63) is 76.4 Å². The zero-order chi connectivity index (χ0) is 29.7. The number of hydrogen-bond donors (Lipinski definition) is 3. The summed E-state index contributed by atoms with van der Waals surface area (Å²) in [4.78, 5) is 27.2. The van der Waals surface area contributed by atoms with E-state index in [4.69, 9.17) is 9.72 Å². The maximum Gasteiger partial charge on any atom is 0.356 e. The van der Waals surface area contributed by atoms with Crippen molar-refractivity contribution in [3.8, 4) is 0 Å². The van der Waals surface area contributed by atoms with Crippen molar-refractivity contribution in [1.82, 2.24) is 25.2 Å². The Kier molecular flexibility index (Phi) is 9.68. The van der Waals surface area contributed by atoms with Crippen LogP contribution in [0.2, 0.25) is 0 Å². The van der Waals surface area contributed by atoms with E-state index in [9.17, 15) is 14.3 Å². The van der Waals surface area contributed by atoms with Gasteiger partial charge in [-0.05, 0) is 93.5 Å². The molecule has 1 aliphatic rings. The van der Waals surface area contributed by atoms with Crippen molar-refractivity contribution < 1.29 is 19.0 Å². The first-order valence-corrected chi connectivity index (χ1v) is 14.1. The molecule has 2 aromatic heterocycles. The first kappa shape index (κ1) is 30.5.